The van der Waals surface area contributed by atoms with Gasteiger partial charge in [-0.1, -0.05) is 12.1 Å². The van der Waals surface area contributed by atoms with Gasteiger partial charge in [-0.25, -0.2) is 4.39 Å². The molecule has 2 heterocycles. The smallest absolute Gasteiger partial charge is 0.249 e. The predicted octanol–water partition coefficient (Wildman–Crippen LogP) is 0.897. The van der Waals surface area contributed by atoms with E-state index in [4.69, 9.17) is 10.5 Å². The third-order valence-electron chi connectivity index (χ3n) is 4.92. The highest BCUT2D eigenvalue weighted by Crippen LogP contribution is 2.28. The highest BCUT2D eigenvalue weighted by Gasteiger charge is 2.44. The second-order valence-electron chi connectivity index (χ2n) is 6.43. The second-order valence-corrected chi connectivity index (χ2v) is 6.43. The van der Waals surface area contributed by atoms with Crippen LogP contribution < -0.4 is 10.6 Å². The van der Waals surface area contributed by atoms with Crippen LogP contribution in [-0.2, 0) is 14.3 Å². The summed E-state index contributed by atoms with van der Waals surface area (Å²) in [4.78, 5) is 28.3. The Hall–Kier alpha value is -1.99. The number of para-hydroxylation sites is 1. The normalized spacial score (nSPS) is 23.4. The van der Waals surface area contributed by atoms with Crippen molar-refractivity contribution in [3.63, 3.8) is 0 Å². The molecule has 130 valence electrons. The number of hydrogen-bond acceptors (Lipinski definition) is 4. The lowest BCUT2D eigenvalue weighted by molar-refractivity contribution is -0.144. The molecule has 1 aromatic carbocycles. The fourth-order valence-electron chi connectivity index (χ4n) is 3.38. The molecule has 24 heavy (non-hydrogen) atoms. The molecule has 2 aliphatic rings. The maximum atomic E-state index is 13.9. The lowest BCUT2D eigenvalue weighted by Gasteiger charge is -2.37. The van der Waals surface area contributed by atoms with Crippen molar-refractivity contribution in [3.05, 3.63) is 30.1 Å². The van der Waals surface area contributed by atoms with Crippen LogP contribution in [0.4, 0.5) is 10.1 Å². The number of hydrogen-bond donors (Lipinski definition) is 1. The molecule has 0 bridgehead atoms. The van der Waals surface area contributed by atoms with Crippen LogP contribution in [0.1, 0.15) is 19.3 Å². The average Bonchev–Trinajstić information content (AvgIpc) is 2.96. The number of halogens is 1. The van der Waals surface area contributed by atoms with Crippen LogP contribution in [0.2, 0.25) is 0 Å². The number of rotatable bonds is 3. The molecule has 2 N–H and O–H groups in total. The van der Waals surface area contributed by atoms with Gasteiger partial charge in [0.2, 0.25) is 11.8 Å². The zero-order chi connectivity index (χ0) is 17.3. The molecule has 2 fully saturated rings. The molecule has 2 saturated heterocycles. The molecule has 0 saturated carbocycles. The van der Waals surface area contributed by atoms with Crippen molar-refractivity contribution in [3.8, 4) is 0 Å². The lowest BCUT2D eigenvalue weighted by Crippen LogP contribution is -2.59. The minimum absolute atomic E-state index is 0.249. The summed E-state index contributed by atoms with van der Waals surface area (Å²) < 4.78 is 19.2. The van der Waals surface area contributed by atoms with Gasteiger partial charge in [-0.3, -0.25) is 9.59 Å². The van der Waals surface area contributed by atoms with Gasteiger partial charge in [-0.05, 0) is 31.4 Å². The van der Waals surface area contributed by atoms with E-state index in [9.17, 15) is 14.0 Å². The third kappa shape index (κ3) is 2.89. The molecule has 1 aromatic rings. The summed E-state index contributed by atoms with van der Waals surface area (Å²) in [6.45, 7) is 1.26. The first kappa shape index (κ1) is 16.9. The van der Waals surface area contributed by atoms with E-state index in [0.717, 1.165) is 0 Å². The molecule has 2 amide bonds. The summed E-state index contributed by atoms with van der Waals surface area (Å²) in [5.74, 6) is -0.966. The third-order valence-corrected chi connectivity index (χ3v) is 4.92. The predicted molar refractivity (Wildman–Crippen MR) is 86.9 cm³/mol. The van der Waals surface area contributed by atoms with Crippen LogP contribution in [-0.4, -0.2) is 55.1 Å². The zero-order valence-corrected chi connectivity index (χ0v) is 13.7. The Bertz CT molecular complexity index is 646. The number of benzene rings is 1. The molecule has 1 atom stereocenters. The molecule has 0 radical (unpaired) electrons. The highest BCUT2D eigenvalue weighted by molar-refractivity contribution is 6.02. The van der Waals surface area contributed by atoms with Crippen molar-refractivity contribution < 1.29 is 18.7 Å². The molecule has 6 nitrogen and oxygen atoms in total. The Morgan fingerprint density at radius 2 is 2.04 bits per heavy atom. The zero-order valence-electron chi connectivity index (χ0n) is 13.7. The summed E-state index contributed by atoms with van der Waals surface area (Å²) in [5, 5.41) is 0. The van der Waals surface area contributed by atoms with Gasteiger partial charge in [-0.2, -0.15) is 0 Å². The average molecular weight is 335 g/mol. The molecular formula is C17H22FN3O3. The van der Waals surface area contributed by atoms with E-state index in [1.807, 2.05) is 0 Å². The van der Waals surface area contributed by atoms with Gasteiger partial charge in [0.05, 0.1) is 11.2 Å². The standard InChI is InChI=1S/C17H22FN3O3/c1-20(16(23)17(19)7-10-24-11-8-17)14-6-9-21(15(14)22)13-5-3-2-4-12(13)18/h2-5,14H,6-11,19H2,1H3. The van der Waals surface area contributed by atoms with Gasteiger partial charge < -0.3 is 20.3 Å². The number of nitrogens with zero attached hydrogens (tertiary/aromatic N) is 2. The van der Waals surface area contributed by atoms with Crippen molar-refractivity contribution in [1.29, 1.82) is 0 Å². The molecule has 1 unspecified atom stereocenters. The fourth-order valence-corrected chi connectivity index (χ4v) is 3.38. The van der Waals surface area contributed by atoms with E-state index in [2.05, 4.69) is 0 Å². The Balaban J connectivity index is 1.75. The first-order chi connectivity index (χ1) is 11.4. The molecule has 0 aliphatic carbocycles. The summed E-state index contributed by atoms with van der Waals surface area (Å²) in [5.41, 5.74) is 5.49. The van der Waals surface area contributed by atoms with E-state index < -0.39 is 17.4 Å². The molecule has 7 heteroatoms. The van der Waals surface area contributed by atoms with Gasteiger partial charge >= 0.3 is 0 Å². The summed E-state index contributed by atoms with van der Waals surface area (Å²) >= 11 is 0. The van der Waals surface area contributed by atoms with Crippen molar-refractivity contribution >= 4 is 17.5 Å². The van der Waals surface area contributed by atoms with Gasteiger partial charge in [0.25, 0.3) is 0 Å². The molecule has 0 spiro atoms. The van der Waals surface area contributed by atoms with E-state index in [0.29, 0.717) is 39.0 Å². The Morgan fingerprint density at radius 1 is 1.38 bits per heavy atom. The Labute approximate surface area is 140 Å². The van der Waals surface area contributed by atoms with Gasteiger partial charge in [0, 0.05) is 26.8 Å². The maximum Gasteiger partial charge on any atom is 0.249 e. The first-order valence-electron chi connectivity index (χ1n) is 8.14. The number of ether oxygens (including phenoxy) is 1. The van der Waals surface area contributed by atoms with Crippen LogP contribution >= 0.6 is 0 Å². The minimum Gasteiger partial charge on any atom is -0.381 e. The number of amides is 2. The summed E-state index contributed by atoms with van der Waals surface area (Å²) in [7, 11) is 1.60. The minimum atomic E-state index is -0.987. The van der Waals surface area contributed by atoms with Crippen molar-refractivity contribution in [2.45, 2.75) is 30.8 Å². The van der Waals surface area contributed by atoms with E-state index in [-0.39, 0.29) is 17.5 Å². The highest BCUT2D eigenvalue weighted by atomic mass is 19.1. The van der Waals surface area contributed by atoms with Crippen LogP contribution in [0, 0.1) is 5.82 Å². The molecule has 2 aliphatic heterocycles. The van der Waals surface area contributed by atoms with E-state index in [1.54, 1.807) is 25.2 Å². The number of carbonyl (C=O) groups is 2. The quantitative estimate of drug-likeness (QED) is 0.890. The van der Waals surface area contributed by atoms with Gasteiger partial charge in [0.15, 0.2) is 0 Å². The summed E-state index contributed by atoms with van der Waals surface area (Å²) in [6, 6.07) is 5.54. The van der Waals surface area contributed by atoms with Crippen molar-refractivity contribution in [2.24, 2.45) is 5.73 Å². The monoisotopic (exact) mass is 335 g/mol. The Kier molecular flexibility index (Phi) is 4.56. The van der Waals surface area contributed by atoms with Gasteiger partial charge in [0.1, 0.15) is 11.9 Å². The van der Waals surface area contributed by atoms with Crippen LogP contribution in [0.3, 0.4) is 0 Å². The van der Waals surface area contributed by atoms with Crippen molar-refractivity contribution in [2.75, 3.05) is 31.7 Å². The molecule has 3 rings (SSSR count). The fraction of sp³-hybridized carbons (Fsp3) is 0.529. The number of carbonyl (C=O) groups excluding carboxylic acids is 2. The number of anilines is 1. The molecule has 0 aromatic heterocycles. The largest absolute Gasteiger partial charge is 0.381 e. The SMILES string of the molecule is CN(C(=O)C1(N)CCOCC1)C1CCN(c2ccccc2F)C1=O. The Morgan fingerprint density at radius 3 is 2.71 bits per heavy atom. The second kappa shape index (κ2) is 6.49. The summed E-state index contributed by atoms with van der Waals surface area (Å²) in [6.07, 6.45) is 1.34. The van der Waals surface area contributed by atoms with E-state index >= 15 is 0 Å². The molecular weight excluding hydrogens is 313 g/mol. The maximum absolute atomic E-state index is 13.9. The topological polar surface area (TPSA) is 75.9 Å². The van der Waals surface area contributed by atoms with Crippen LogP contribution in [0.5, 0.6) is 0 Å². The number of nitrogens with two attached hydrogens (primary N) is 1. The number of likely N-dealkylation sites (N-methyl/N-ethyl adjacent to an activating group) is 1. The van der Waals surface area contributed by atoms with Crippen LogP contribution in [0.15, 0.2) is 24.3 Å². The van der Waals surface area contributed by atoms with Crippen LogP contribution in [0.25, 0.3) is 0 Å². The van der Waals surface area contributed by atoms with Crippen molar-refractivity contribution in [1.82, 2.24) is 4.90 Å². The van der Waals surface area contributed by atoms with Gasteiger partial charge in [-0.15, -0.1) is 0 Å². The van der Waals surface area contributed by atoms with E-state index in [1.165, 1.54) is 15.9 Å². The first-order valence-corrected chi connectivity index (χ1v) is 8.14. The lowest BCUT2D eigenvalue weighted by atomic mass is 9.89.